The van der Waals surface area contributed by atoms with E-state index < -0.39 is 6.10 Å². The summed E-state index contributed by atoms with van der Waals surface area (Å²) in [4.78, 5) is 23.7. The van der Waals surface area contributed by atoms with Crippen LogP contribution in [0.2, 0.25) is 5.02 Å². The molecule has 5 rings (SSSR count). The summed E-state index contributed by atoms with van der Waals surface area (Å²) in [7, 11) is 0. The molecule has 2 aromatic heterocycles. The number of hydrogen-bond donors (Lipinski definition) is 3. The van der Waals surface area contributed by atoms with Crippen molar-refractivity contribution >= 4 is 34.5 Å². The van der Waals surface area contributed by atoms with Gasteiger partial charge in [0.15, 0.2) is 0 Å². The molecule has 33 heavy (non-hydrogen) atoms. The van der Waals surface area contributed by atoms with Gasteiger partial charge in [0, 0.05) is 28.7 Å². The minimum absolute atomic E-state index is 0.00355. The largest absolute Gasteiger partial charge is 0.393 e. The zero-order valence-corrected chi connectivity index (χ0v) is 19.9. The van der Waals surface area contributed by atoms with E-state index in [0.29, 0.717) is 27.7 Å². The predicted molar refractivity (Wildman–Crippen MR) is 131 cm³/mol. The molecule has 0 amide bonds. The summed E-state index contributed by atoms with van der Waals surface area (Å²) in [6, 6.07) is 8.06. The minimum Gasteiger partial charge on any atom is -0.393 e. The Morgan fingerprint density at radius 3 is 2.94 bits per heavy atom. The van der Waals surface area contributed by atoms with E-state index in [2.05, 4.69) is 33.6 Å². The highest BCUT2D eigenvalue weighted by Gasteiger charge is 2.31. The van der Waals surface area contributed by atoms with E-state index in [1.807, 2.05) is 25.1 Å². The Kier molecular flexibility index (Phi) is 6.22. The lowest BCUT2D eigenvalue weighted by molar-refractivity contribution is 0.104. The summed E-state index contributed by atoms with van der Waals surface area (Å²) in [6.45, 7) is 6.91. The zero-order chi connectivity index (χ0) is 23.1. The van der Waals surface area contributed by atoms with Crippen LogP contribution in [-0.4, -0.2) is 39.5 Å². The second kappa shape index (κ2) is 9.14. The van der Waals surface area contributed by atoms with Crippen molar-refractivity contribution in [1.82, 2.24) is 15.3 Å². The van der Waals surface area contributed by atoms with E-state index in [1.54, 1.807) is 6.20 Å². The quantitative estimate of drug-likeness (QED) is 0.469. The van der Waals surface area contributed by atoms with E-state index in [1.165, 1.54) is 28.8 Å². The molecule has 1 aliphatic heterocycles. The van der Waals surface area contributed by atoms with E-state index in [9.17, 15) is 9.90 Å². The van der Waals surface area contributed by atoms with Gasteiger partial charge in [-0.15, -0.1) is 11.3 Å². The molecule has 1 radical (unpaired) electrons. The zero-order valence-electron chi connectivity index (χ0n) is 18.3. The fourth-order valence-electron chi connectivity index (χ4n) is 4.85. The summed E-state index contributed by atoms with van der Waals surface area (Å²) < 4.78 is 0. The smallest absolute Gasteiger partial charge is 0.208 e. The monoisotopic (exact) mass is 481 g/mol. The lowest BCUT2D eigenvalue weighted by Gasteiger charge is -2.27. The number of aryl methyl sites for hydroxylation is 1. The molecular formula is C25H26ClN4O2S. The number of carbonyl (C=O) groups excluding carboxylic acids is 1. The summed E-state index contributed by atoms with van der Waals surface area (Å²) >= 11 is 7.78. The Labute approximate surface area is 202 Å². The van der Waals surface area contributed by atoms with Crippen LogP contribution < -0.4 is 10.6 Å². The van der Waals surface area contributed by atoms with Crippen LogP contribution in [0.3, 0.4) is 0 Å². The normalized spacial score (nSPS) is 24.5. The number of anilines is 1. The fourth-order valence-corrected chi connectivity index (χ4v) is 6.05. The average Bonchev–Trinajstić information content (AvgIpc) is 3.34. The van der Waals surface area contributed by atoms with Gasteiger partial charge < -0.3 is 15.7 Å². The predicted octanol–water partition coefficient (Wildman–Crippen LogP) is 4.35. The SMILES string of the molecule is [CH2][C@@H]1C[C@@H](Nc2ncncc2C(=O)c2cc([C@@H]3NCCc4ccc(Cl)cc43)c(C)s2)C[C@@H]1O. The first-order valence-electron chi connectivity index (χ1n) is 11.1. The molecule has 3 heterocycles. The molecule has 3 N–H and O–H groups in total. The fraction of sp³-hybridized carbons (Fsp3) is 0.360. The number of hydrogen-bond acceptors (Lipinski definition) is 7. The molecular weight excluding hydrogens is 456 g/mol. The summed E-state index contributed by atoms with van der Waals surface area (Å²) in [5, 5.41) is 17.7. The summed E-state index contributed by atoms with van der Waals surface area (Å²) in [6.07, 6.45) is 4.83. The average molecular weight is 482 g/mol. The van der Waals surface area contributed by atoms with Crippen molar-refractivity contribution in [3.8, 4) is 0 Å². The molecule has 1 aliphatic carbocycles. The van der Waals surface area contributed by atoms with Crippen LogP contribution in [0, 0.1) is 19.8 Å². The maximum atomic E-state index is 13.5. The summed E-state index contributed by atoms with van der Waals surface area (Å²) in [5.41, 5.74) is 3.98. The van der Waals surface area contributed by atoms with Gasteiger partial charge in [-0.25, -0.2) is 9.97 Å². The number of aromatic nitrogens is 2. The number of rotatable bonds is 5. The van der Waals surface area contributed by atoms with Crippen molar-refractivity contribution in [3.05, 3.63) is 80.7 Å². The minimum atomic E-state index is -0.439. The van der Waals surface area contributed by atoms with Gasteiger partial charge in [-0.2, -0.15) is 0 Å². The number of aliphatic hydroxyl groups is 1. The molecule has 0 saturated heterocycles. The number of nitrogens with one attached hydrogen (secondary N) is 2. The third-order valence-electron chi connectivity index (χ3n) is 6.61. The second-order valence-electron chi connectivity index (χ2n) is 8.86. The second-order valence-corrected chi connectivity index (χ2v) is 10.5. The van der Waals surface area contributed by atoms with Crippen molar-refractivity contribution in [3.63, 3.8) is 0 Å². The third-order valence-corrected chi connectivity index (χ3v) is 7.91. The highest BCUT2D eigenvalue weighted by molar-refractivity contribution is 7.14. The van der Waals surface area contributed by atoms with Gasteiger partial charge in [0.2, 0.25) is 5.78 Å². The van der Waals surface area contributed by atoms with Crippen LogP contribution in [0.25, 0.3) is 0 Å². The topological polar surface area (TPSA) is 87.1 Å². The number of fused-ring (bicyclic) bond motifs is 1. The highest BCUT2D eigenvalue weighted by Crippen LogP contribution is 2.37. The van der Waals surface area contributed by atoms with E-state index >= 15 is 0 Å². The lowest BCUT2D eigenvalue weighted by Crippen LogP contribution is -2.30. The molecule has 0 bridgehead atoms. The molecule has 0 spiro atoms. The van der Waals surface area contributed by atoms with Crippen LogP contribution in [-0.2, 0) is 6.42 Å². The van der Waals surface area contributed by atoms with E-state index in [4.69, 9.17) is 11.6 Å². The molecule has 171 valence electrons. The molecule has 1 aromatic carbocycles. The maximum absolute atomic E-state index is 13.5. The Balaban J connectivity index is 1.43. The van der Waals surface area contributed by atoms with E-state index in [0.717, 1.165) is 29.8 Å². The first-order chi connectivity index (χ1) is 15.9. The molecule has 0 unspecified atom stereocenters. The number of aliphatic hydroxyl groups excluding tert-OH is 1. The summed E-state index contributed by atoms with van der Waals surface area (Å²) in [5.74, 6) is 0.372. The van der Waals surface area contributed by atoms with Gasteiger partial charge in [-0.05, 0) is 73.9 Å². The molecule has 4 atom stereocenters. The Morgan fingerprint density at radius 1 is 1.30 bits per heavy atom. The van der Waals surface area contributed by atoms with Crippen molar-refractivity contribution < 1.29 is 9.90 Å². The van der Waals surface area contributed by atoms with Gasteiger partial charge in [0.25, 0.3) is 0 Å². The van der Waals surface area contributed by atoms with Gasteiger partial charge in [0.05, 0.1) is 22.6 Å². The highest BCUT2D eigenvalue weighted by atomic mass is 35.5. The van der Waals surface area contributed by atoms with Gasteiger partial charge in [-0.3, -0.25) is 4.79 Å². The molecule has 1 fully saturated rings. The molecule has 1 saturated carbocycles. The van der Waals surface area contributed by atoms with Crippen LogP contribution in [0.5, 0.6) is 0 Å². The first-order valence-corrected chi connectivity index (χ1v) is 12.3. The third kappa shape index (κ3) is 4.43. The number of benzene rings is 1. The number of halogens is 1. The molecule has 3 aromatic rings. The number of carbonyl (C=O) groups is 1. The molecule has 2 aliphatic rings. The standard InChI is InChI=1S/C25H26ClN4O2S/c1-13-7-17(9-21(13)31)30-25-20(11-27-12-29-25)24(32)22-10-18(14(2)33-22)23-19-8-16(26)4-3-15(19)5-6-28-23/h3-4,8,10-13,17,21,23,28,31H,1,5-7,9H2,2H3,(H,27,29,30)/t13-,17-,21+,23+/m1/s1. The van der Waals surface area contributed by atoms with Gasteiger partial charge in [0.1, 0.15) is 12.1 Å². The Morgan fingerprint density at radius 2 is 2.15 bits per heavy atom. The molecule has 8 heteroatoms. The van der Waals surface area contributed by atoms with E-state index in [-0.39, 0.29) is 23.8 Å². The van der Waals surface area contributed by atoms with Crippen LogP contribution in [0.1, 0.15) is 55.7 Å². The van der Waals surface area contributed by atoms with Crippen molar-refractivity contribution in [2.75, 3.05) is 11.9 Å². The number of thiophene rings is 1. The Bertz CT molecular complexity index is 1190. The Hall–Kier alpha value is -2.32. The molecule has 6 nitrogen and oxygen atoms in total. The van der Waals surface area contributed by atoms with Crippen molar-refractivity contribution in [2.24, 2.45) is 5.92 Å². The van der Waals surface area contributed by atoms with Gasteiger partial charge >= 0.3 is 0 Å². The van der Waals surface area contributed by atoms with Crippen LogP contribution in [0.15, 0.2) is 36.8 Å². The first kappa shape index (κ1) is 22.5. The van der Waals surface area contributed by atoms with Crippen molar-refractivity contribution in [1.29, 1.82) is 0 Å². The van der Waals surface area contributed by atoms with Crippen LogP contribution in [0.4, 0.5) is 5.82 Å². The van der Waals surface area contributed by atoms with Crippen molar-refractivity contribution in [2.45, 2.75) is 44.4 Å². The maximum Gasteiger partial charge on any atom is 0.208 e. The van der Waals surface area contributed by atoms with Gasteiger partial charge in [-0.1, -0.05) is 17.7 Å². The number of nitrogens with zero attached hydrogens (tertiary/aromatic N) is 2. The van der Waals surface area contributed by atoms with Crippen LogP contribution >= 0.6 is 22.9 Å². The lowest BCUT2D eigenvalue weighted by atomic mass is 9.90. The number of ketones is 1.